The van der Waals surface area contributed by atoms with E-state index < -0.39 is 5.97 Å². The van der Waals surface area contributed by atoms with Crippen LogP contribution < -0.4 is 24.8 Å². The lowest BCUT2D eigenvalue weighted by atomic mass is 9.87. The van der Waals surface area contributed by atoms with Gasteiger partial charge in [-0.25, -0.2) is 14.6 Å². The maximum absolute atomic E-state index is 12.4. The van der Waals surface area contributed by atoms with Crippen LogP contribution in [-0.4, -0.2) is 42.0 Å². The normalized spacial score (nSPS) is 12.0. The molecule has 0 saturated carbocycles. The van der Waals surface area contributed by atoms with Gasteiger partial charge in [0.05, 0.1) is 17.9 Å². The summed E-state index contributed by atoms with van der Waals surface area (Å²) in [5.41, 5.74) is 4.20. The molecule has 0 bridgehead atoms. The van der Waals surface area contributed by atoms with Gasteiger partial charge in [0.2, 0.25) is 12.7 Å². The van der Waals surface area contributed by atoms with E-state index in [1.807, 2.05) is 60.7 Å². The van der Waals surface area contributed by atoms with E-state index in [1.165, 1.54) is 12.1 Å². The summed E-state index contributed by atoms with van der Waals surface area (Å²) in [4.78, 5) is 28.3. The third-order valence-corrected chi connectivity index (χ3v) is 7.17. The molecule has 0 spiro atoms. The molecule has 2 heterocycles. The Bertz CT molecular complexity index is 1590. The first-order chi connectivity index (χ1) is 20.8. The van der Waals surface area contributed by atoms with Gasteiger partial charge in [0.25, 0.3) is 0 Å². The van der Waals surface area contributed by atoms with Crippen LogP contribution in [0.5, 0.6) is 17.4 Å². The number of anilines is 1. The Labute approximate surface area is 250 Å². The number of nitrogens with zero attached hydrogens (tertiary/aromatic N) is 1. The molecule has 1 aromatic heterocycles. The van der Waals surface area contributed by atoms with Crippen molar-refractivity contribution >= 4 is 17.7 Å². The number of fused-ring (bicyclic) bond motifs is 1. The van der Waals surface area contributed by atoms with E-state index >= 15 is 0 Å². The van der Waals surface area contributed by atoms with Crippen LogP contribution in [0.25, 0.3) is 22.4 Å². The van der Waals surface area contributed by atoms with Gasteiger partial charge in [-0.2, -0.15) is 0 Å². The molecule has 0 aliphatic carbocycles. The number of rotatable bonds is 12. The van der Waals surface area contributed by atoms with Gasteiger partial charge in [-0.15, -0.1) is 0 Å². The Morgan fingerprint density at radius 1 is 0.884 bits per heavy atom. The molecule has 0 fully saturated rings. The fraction of sp³-hybridized carbons (Fsp3) is 0.265. The number of aromatic carboxylic acids is 1. The Morgan fingerprint density at radius 2 is 1.70 bits per heavy atom. The van der Waals surface area contributed by atoms with E-state index in [1.54, 1.807) is 12.1 Å². The first-order valence-electron chi connectivity index (χ1n) is 14.2. The lowest BCUT2D eigenvalue weighted by Gasteiger charge is -2.25. The minimum absolute atomic E-state index is 0.117. The minimum Gasteiger partial charge on any atom is -0.478 e. The summed E-state index contributed by atoms with van der Waals surface area (Å²) >= 11 is 0. The quantitative estimate of drug-likeness (QED) is 0.151. The summed E-state index contributed by atoms with van der Waals surface area (Å²) in [5.74, 6) is 0.972. The number of carbonyl (C=O) groups excluding carboxylic acids is 1. The van der Waals surface area contributed by atoms with Crippen LogP contribution in [0.15, 0.2) is 84.9 Å². The number of urea groups is 1. The molecule has 9 heteroatoms. The Morgan fingerprint density at radius 3 is 2.51 bits per heavy atom. The minimum atomic E-state index is -1.04. The fourth-order valence-corrected chi connectivity index (χ4v) is 4.77. The van der Waals surface area contributed by atoms with Gasteiger partial charge in [0, 0.05) is 23.9 Å². The second-order valence-electron chi connectivity index (χ2n) is 11.2. The maximum Gasteiger partial charge on any atom is 0.335 e. The second-order valence-corrected chi connectivity index (χ2v) is 11.2. The van der Waals surface area contributed by atoms with Crippen molar-refractivity contribution in [2.24, 2.45) is 5.41 Å². The number of unbranched alkanes of at least 4 members (excludes halogenated alkanes) is 1. The van der Waals surface area contributed by atoms with Gasteiger partial charge in [-0.3, -0.25) is 0 Å². The summed E-state index contributed by atoms with van der Waals surface area (Å²) in [6.45, 7) is 5.40. The SMILES string of the molecule is CC(C)(CCCCOc1cc(-c2ccc3c(c2)OCO3)cc(-c2ccccc2)n1)CNC(=O)Nc1cccc(C(=O)O)c1. The highest BCUT2D eigenvalue weighted by Crippen LogP contribution is 2.37. The number of carbonyl (C=O) groups is 2. The molecular formula is C34H35N3O6. The van der Waals surface area contributed by atoms with Crippen molar-refractivity contribution in [2.45, 2.75) is 33.1 Å². The van der Waals surface area contributed by atoms with Crippen LogP contribution in [0.2, 0.25) is 0 Å². The van der Waals surface area contributed by atoms with Crippen LogP contribution in [0, 0.1) is 5.41 Å². The van der Waals surface area contributed by atoms with Crippen molar-refractivity contribution in [3.63, 3.8) is 0 Å². The zero-order valence-corrected chi connectivity index (χ0v) is 24.3. The molecule has 0 saturated heterocycles. The third kappa shape index (κ3) is 8.03. The van der Waals surface area contributed by atoms with E-state index in [9.17, 15) is 9.59 Å². The predicted molar refractivity (Wildman–Crippen MR) is 165 cm³/mol. The zero-order chi connectivity index (χ0) is 30.2. The lowest BCUT2D eigenvalue weighted by molar-refractivity contribution is 0.0697. The smallest absolute Gasteiger partial charge is 0.335 e. The van der Waals surface area contributed by atoms with Gasteiger partial charge >= 0.3 is 12.0 Å². The van der Waals surface area contributed by atoms with Crippen LogP contribution >= 0.6 is 0 Å². The van der Waals surface area contributed by atoms with Crippen LogP contribution in [-0.2, 0) is 0 Å². The largest absolute Gasteiger partial charge is 0.478 e. The summed E-state index contributed by atoms with van der Waals surface area (Å²) < 4.78 is 17.2. The molecule has 5 rings (SSSR count). The van der Waals surface area contributed by atoms with Gasteiger partial charge in [0.15, 0.2) is 11.5 Å². The number of nitrogens with one attached hydrogen (secondary N) is 2. The molecule has 0 unspecified atom stereocenters. The molecule has 43 heavy (non-hydrogen) atoms. The van der Waals surface area contributed by atoms with Gasteiger partial charge < -0.3 is 30.0 Å². The van der Waals surface area contributed by atoms with E-state index in [2.05, 4.69) is 24.5 Å². The molecule has 222 valence electrons. The van der Waals surface area contributed by atoms with E-state index in [0.29, 0.717) is 24.7 Å². The predicted octanol–water partition coefficient (Wildman–Crippen LogP) is 7.24. The summed E-state index contributed by atoms with van der Waals surface area (Å²) in [5, 5.41) is 14.7. The molecule has 4 aromatic rings. The first kappa shape index (κ1) is 29.4. The first-order valence-corrected chi connectivity index (χ1v) is 14.2. The third-order valence-electron chi connectivity index (χ3n) is 7.17. The molecule has 2 amide bonds. The molecule has 3 N–H and O–H groups in total. The van der Waals surface area contributed by atoms with E-state index in [-0.39, 0.29) is 23.8 Å². The molecule has 0 atom stereocenters. The molecule has 1 aliphatic heterocycles. The van der Waals surface area contributed by atoms with Crippen LogP contribution in [0.4, 0.5) is 10.5 Å². The highest BCUT2D eigenvalue weighted by molar-refractivity contribution is 5.93. The molecule has 1 aliphatic rings. The number of carboxylic acid groups (broad SMARTS) is 1. The Kier molecular flexibility index (Phi) is 9.10. The van der Waals surface area contributed by atoms with Crippen molar-refractivity contribution in [3.8, 4) is 39.8 Å². The highest BCUT2D eigenvalue weighted by Gasteiger charge is 2.19. The van der Waals surface area contributed by atoms with Crippen molar-refractivity contribution < 1.29 is 28.9 Å². The number of pyridine rings is 1. The van der Waals surface area contributed by atoms with Gasteiger partial charge in [0.1, 0.15) is 0 Å². The number of aromatic nitrogens is 1. The number of hydrogen-bond acceptors (Lipinski definition) is 6. The standard InChI is InChI=1S/C34H35N3O6/c1-34(2,21-35-33(40)36-27-12-8-11-25(17-27)32(38)39)15-6-7-16-41-31-20-26(18-28(37-31)23-9-4-3-5-10-23)24-13-14-29-30(19-24)43-22-42-29/h3-5,8-14,17-20H,6-7,15-16,21-22H2,1-2H3,(H,38,39)(H2,35,36,40). The van der Waals surface area contributed by atoms with E-state index in [0.717, 1.165) is 53.1 Å². The number of ether oxygens (including phenoxy) is 3. The average molecular weight is 582 g/mol. The van der Waals surface area contributed by atoms with Crippen molar-refractivity contribution in [1.82, 2.24) is 10.3 Å². The summed E-state index contributed by atoms with van der Waals surface area (Å²) in [6, 6.07) is 25.7. The molecule has 9 nitrogen and oxygen atoms in total. The zero-order valence-electron chi connectivity index (χ0n) is 24.3. The fourth-order valence-electron chi connectivity index (χ4n) is 4.77. The number of carboxylic acids is 1. The summed E-state index contributed by atoms with van der Waals surface area (Å²) in [7, 11) is 0. The van der Waals surface area contributed by atoms with Crippen molar-refractivity contribution in [3.05, 3.63) is 90.5 Å². The Hall–Kier alpha value is -5.05. The molecule has 0 radical (unpaired) electrons. The van der Waals surface area contributed by atoms with Gasteiger partial charge in [-0.1, -0.05) is 56.3 Å². The van der Waals surface area contributed by atoms with Crippen molar-refractivity contribution in [2.75, 3.05) is 25.3 Å². The van der Waals surface area contributed by atoms with Crippen molar-refractivity contribution in [1.29, 1.82) is 0 Å². The number of amides is 2. The van der Waals surface area contributed by atoms with Crippen LogP contribution in [0.3, 0.4) is 0 Å². The Balaban J connectivity index is 1.14. The van der Waals surface area contributed by atoms with Crippen LogP contribution in [0.1, 0.15) is 43.5 Å². The number of hydrogen-bond donors (Lipinski definition) is 3. The maximum atomic E-state index is 12.4. The number of benzene rings is 3. The van der Waals surface area contributed by atoms with E-state index in [4.69, 9.17) is 24.3 Å². The second kappa shape index (κ2) is 13.3. The molecule has 3 aromatic carbocycles. The molecular weight excluding hydrogens is 546 g/mol. The topological polar surface area (TPSA) is 119 Å². The van der Waals surface area contributed by atoms with Gasteiger partial charge in [-0.05, 0) is 72.2 Å². The highest BCUT2D eigenvalue weighted by atomic mass is 16.7. The monoisotopic (exact) mass is 581 g/mol. The average Bonchev–Trinajstić information content (AvgIpc) is 3.49. The summed E-state index contributed by atoms with van der Waals surface area (Å²) in [6.07, 6.45) is 2.61. The lowest BCUT2D eigenvalue weighted by Crippen LogP contribution is -2.36.